The van der Waals surface area contributed by atoms with Crippen LogP contribution in [-0.4, -0.2) is 53.1 Å². The monoisotopic (exact) mass is 329 g/mol. The number of aliphatic hydroxyl groups excluding tert-OH is 2. The van der Waals surface area contributed by atoms with Crippen LogP contribution in [0.1, 0.15) is 65.7 Å². The van der Waals surface area contributed by atoms with Gasteiger partial charge in [0.2, 0.25) is 0 Å². The molecule has 2 N–H and O–H groups in total. The van der Waals surface area contributed by atoms with Crippen molar-refractivity contribution in [1.29, 1.82) is 0 Å². The summed E-state index contributed by atoms with van der Waals surface area (Å²) in [5.41, 5.74) is -0.465. The molecule has 1 heterocycles. The van der Waals surface area contributed by atoms with Gasteiger partial charge in [-0.15, -0.1) is 0 Å². The lowest BCUT2D eigenvalue weighted by molar-refractivity contribution is 0.00789. The summed E-state index contributed by atoms with van der Waals surface area (Å²) in [5, 5.41) is 17.9. The average molecular weight is 329 g/mol. The fourth-order valence-electron chi connectivity index (χ4n) is 3.30. The molecule has 0 radical (unpaired) electrons. The molecule has 1 aliphatic heterocycles. The van der Waals surface area contributed by atoms with E-state index in [1.54, 1.807) is 0 Å². The van der Waals surface area contributed by atoms with Gasteiger partial charge in [-0.25, -0.2) is 4.79 Å². The minimum Gasteiger partial charge on any atom is -0.444 e. The number of amides is 1. The van der Waals surface area contributed by atoms with Crippen LogP contribution < -0.4 is 0 Å². The van der Waals surface area contributed by atoms with Gasteiger partial charge in [0.25, 0.3) is 0 Å². The average Bonchev–Trinajstić information content (AvgIpc) is 2.46. The lowest BCUT2D eigenvalue weighted by Gasteiger charge is -2.38. The molecule has 0 aromatic heterocycles. The van der Waals surface area contributed by atoms with E-state index in [0.717, 1.165) is 58.0 Å². The Morgan fingerprint density at radius 3 is 1.87 bits per heavy atom. The maximum atomic E-state index is 12.4. The number of likely N-dealkylation sites (tertiary alicyclic amines) is 1. The Kier molecular flexibility index (Phi) is 8.92. The molecule has 0 bridgehead atoms. The van der Waals surface area contributed by atoms with Crippen LogP contribution in [0, 0.1) is 11.8 Å². The Balaban J connectivity index is 2.58. The summed E-state index contributed by atoms with van der Waals surface area (Å²) in [6, 6.07) is 0. The quantitative estimate of drug-likeness (QED) is 0.671. The molecule has 136 valence electrons. The predicted octanol–water partition coefficient (Wildman–Crippen LogP) is 3.18. The molecule has 0 spiro atoms. The standard InChI is InChI=1S/C18H35NO4/c1-18(2,3)23-17(22)19-13-15(8-4-6-10-20)12-16(14-19)9-5-7-11-21/h15-16,20-21H,4-14H2,1-3H3. The number of carbonyl (C=O) groups excluding carboxylic acids is 1. The van der Waals surface area contributed by atoms with Crippen LogP contribution in [0.15, 0.2) is 0 Å². The van der Waals surface area contributed by atoms with Crippen LogP contribution in [-0.2, 0) is 4.74 Å². The van der Waals surface area contributed by atoms with Crippen molar-refractivity contribution in [2.24, 2.45) is 11.8 Å². The lowest BCUT2D eigenvalue weighted by atomic mass is 9.83. The van der Waals surface area contributed by atoms with Gasteiger partial charge in [-0.1, -0.05) is 12.8 Å². The second kappa shape index (κ2) is 10.1. The van der Waals surface area contributed by atoms with E-state index in [1.165, 1.54) is 0 Å². The van der Waals surface area contributed by atoms with Crippen molar-refractivity contribution in [2.75, 3.05) is 26.3 Å². The summed E-state index contributed by atoms with van der Waals surface area (Å²) in [5.74, 6) is 0.976. The SMILES string of the molecule is CC(C)(C)OC(=O)N1CC(CCCCO)CC(CCCCO)C1. The van der Waals surface area contributed by atoms with Crippen LogP contribution in [0.4, 0.5) is 4.79 Å². The van der Waals surface area contributed by atoms with E-state index in [0.29, 0.717) is 11.8 Å². The highest BCUT2D eigenvalue weighted by Gasteiger charge is 2.31. The molecule has 1 fully saturated rings. The smallest absolute Gasteiger partial charge is 0.410 e. The summed E-state index contributed by atoms with van der Waals surface area (Å²) in [7, 11) is 0. The van der Waals surface area contributed by atoms with Gasteiger partial charge in [-0.2, -0.15) is 0 Å². The zero-order valence-corrected chi connectivity index (χ0v) is 15.1. The highest BCUT2D eigenvalue weighted by atomic mass is 16.6. The number of nitrogens with zero attached hydrogens (tertiary/aromatic N) is 1. The van der Waals surface area contributed by atoms with Gasteiger partial charge in [0.05, 0.1) is 0 Å². The van der Waals surface area contributed by atoms with Crippen molar-refractivity contribution in [2.45, 2.75) is 71.3 Å². The number of hydrogen-bond donors (Lipinski definition) is 2. The van der Waals surface area contributed by atoms with Crippen LogP contribution in [0.3, 0.4) is 0 Å². The molecule has 1 rings (SSSR count). The first-order valence-electron chi connectivity index (χ1n) is 9.05. The van der Waals surface area contributed by atoms with Gasteiger partial charge in [-0.3, -0.25) is 0 Å². The first-order valence-corrected chi connectivity index (χ1v) is 9.05. The molecule has 1 saturated heterocycles. The maximum absolute atomic E-state index is 12.4. The van der Waals surface area contributed by atoms with Crippen LogP contribution in [0.2, 0.25) is 0 Å². The molecule has 1 amide bonds. The van der Waals surface area contributed by atoms with E-state index in [-0.39, 0.29) is 19.3 Å². The first-order chi connectivity index (χ1) is 10.9. The Hall–Kier alpha value is -0.810. The zero-order valence-electron chi connectivity index (χ0n) is 15.1. The fraction of sp³-hybridized carbons (Fsp3) is 0.944. The third kappa shape index (κ3) is 8.56. The van der Waals surface area contributed by atoms with E-state index in [2.05, 4.69) is 0 Å². The molecule has 2 atom stereocenters. The normalized spacial score (nSPS) is 22.2. The third-order valence-corrected chi connectivity index (χ3v) is 4.32. The van der Waals surface area contributed by atoms with E-state index in [4.69, 9.17) is 14.9 Å². The van der Waals surface area contributed by atoms with Gasteiger partial charge < -0.3 is 19.8 Å². The molecule has 5 heteroatoms. The van der Waals surface area contributed by atoms with Gasteiger partial charge in [-0.05, 0) is 64.7 Å². The predicted molar refractivity (Wildman–Crippen MR) is 91.3 cm³/mol. The second-order valence-electron chi connectivity index (χ2n) is 7.79. The molecule has 1 aliphatic rings. The second-order valence-corrected chi connectivity index (χ2v) is 7.79. The topological polar surface area (TPSA) is 70.0 Å². The van der Waals surface area contributed by atoms with Crippen LogP contribution in [0.25, 0.3) is 0 Å². The molecule has 5 nitrogen and oxygen atoms in total. The van der Waals surface area contributed by atoms with Crippen molar-refractivity contribution in [3.8, 4) is 0 Å². The molecule has 0 aromatic rings. The summed E-state index contributed by atoms with van der Waals surface area (Å²) in [6.07, 6.45) is 6.70. The van der Waals surface area contributed by atoms with Crippen LogP contribution in [0.5, 0.6) is 0 Å². The molecule has 23 heavy (non-hydrogen) atoms. The number of rotatable bonds is 8. The van der Waals surface area contributed by atoms with Crippen molar-refractivity contribution in [3.05, 3.63) is 0 Å². The Morgan fingerprint density at radius 2 is 1.48 bits per heavy atom. The number of unbranched alkanes of at least 4 members (excludes halogenated alkanes) is 2. The Labute approximate surface area is 141 Å². The number of hydrogen-bond acceptors (Lipinski definition) is 4. The number of aliphatic hydroxyl groups is 2. The zero-order chi connectivity index (χ0) is 17.3. The van der Waals surface area contributed by atoms with Gasteiger partial charge in [0.1, 0.15) is 5.60 Å². The van der Waals surface area contributed by atoms with Crippen molar-refractivity contribution in [1.82, 2.24) is 4.90 Å². The third-order valence-electron chi connectivity index (χ3n) is 4.32. The summed E-state index contributed by atoms with van der Waals surface area (Å²) in [6.45, 7) is 7.68. The van der Waals surface area contributed by atoms with E-state index < -0.39 is 5.60 Å². The van der Waals surface area contributed by atoms with E-state index in [9.17, 15) is 4.79 Å². The van der Waals surface area contributed by atoms with Crippen molar-refractivity contribution in [3.63, 3.8) is 0 Å². The fourth-order valence-corrected chi connectivity index (χ4v) is 3.30. The summed E-state index contributed by atoms with van der Waals surface area (Å²) in [4.78, 5) is 14.3. The number of ether oxygens (including phenoxy) is 1. The maximum Gasteiger partial charge on any atom is 0.410 e. The van der Waals surface area contributed by atoms with Gasteiger partial charge in [0, 0.05) is 26.3 Å². The van der Waals surface area contributed by atoms with E-state index in [1.807, 2.05) is 25.7 Å². The number of carbonyl (C=O) groups is 1. The van der Waals surface area contributed by atoms with Gasteiger partial charge >= 0.3 is 6.09 Å². The molecule has 0 aliphatic carbocycles. The highest BCUT2D eigenvalue weighted by Crippen LogP contribution is 2.30. The first kappa shape index (κ1) is 20.2. The largest absolute Gasteiger partial charge is 0.444 e. The van der Waals surface area contributed by atoms with Crippen molar-refractivity contribution >= 4 is 6.09 Å². The van der Waals surface area contributed by atoms with E-state index >= 15 is 0 Å². The Morgan fingerprint density at radius 1 is 1.00 bits per heavy atom. The Bertz CT molecular complexity index is 322. The molecule has 0 saturated carbocycles. The lowest BCUT2D eigenvalue weighted by Crippen LogP contribution is -2.46. The molecule has 0 aromatic carbocycles. The minimum absolute atomic E-state index is 0.212. The molecular weight excluding hydrogens is 294 g/mol. The summed E-state index contributed by atoms with van der Waals surface area (Å²) >= 11 is 0. The summed E-state index contributed by atoms with van der Waals surface area (Å²) < 4.78 is 5.53. The van der Waals surface area contributed by atoms with Crippen molar-refractivity contribution < 1.29 is 19.7 Å². The van der Waals surface area contributed by atoms with Crippen LogP contribution >= 0.6 is 0 Å². The number of piperidine rings is 1. The minimum atomic E-state index is -0.465. The molecular formula is C18H35NO4. The molecule has 2 unspecified atom stereocenters. The highest BCUT2D eigenvalue weighted by molar-refractivity contribution is 5.68. The van der Waals surface area contributed by atoms with Gasteiger partial charge in [0.15, 0.2) is 0 Å².